The highest BCUT2D eigenvalue weighted by molar-refractivity contribution is 7.98. The van der Waals surface area contributed by atoms with Crippen molar-refractivity contribution < 1.29 is 9.53 Å². The minimum Gasteiger partial charge on any atom is -0.485 e. The van der Waals surface area contributed by atoms with Crippen LogP contribution in [0.5, 0.6) is 5.75 Å². The van der Waals surface area contributed by atoms with Crippen LogP contribution in [0.4, 0.5) is 0 Å². The zero-order valence-corrected chi connectivity index (χ0v) is 12.8. The molecule has 0 unspecified atom stereocenters. The van der Waals surface area contributed by atoms with Crippen LogP contribution < -0.4 is 4.74 Å². The molecule has 0 aromatic heterocycles. The second-order valence-corrected chi connectivity index (χ2v) is 5.59. The molecule has 0 N–H and O–H groups in total. The van der Waals surface area contributed by atoms with E-state index in [-0.39, 0.29) is 12.4 Å². The number of Topliss-reactive ketones (excluding diaryl/α,β-unsaturated/α-hetero) is 1. The number of aryl methyl sites for hydroxylation is 2. The molecule has 0 aliphatic rings. The molecule has 2 rings (SSSR count). The third-order valence-electron chi connectivity index (χ3n) is 3.11. The van der Waals surface area contributed by atoms with Gasteiger partial charge in [-0.25, -0.2) is 0 Å². The van der Waals surface area contributed by atoms with Gasteiger partial charge in [-0.2, -0.15) is 0 Å². The van der Waals surface area contributed by atoms with E-state index in [0.29, 0.717) is 0 Å². The van der Waals surface area contributed by atoms with Crippen molar-refractivity contribution in [2.24, 2.45) is 0 Å². The third-order valence-corrected chi connectivity index (χ3v) is 3.86. The predicted molar refractivity (Wildman–Crippen MR) is 84.0 cm³/mol. The Kier molecular flexibility index (Phi) is 4.85. The number of rotatable bonds is 5. The molecule has 2 nitrogen and oxygen atoms in total. The van der Waals surface area contributed by atoms with Crippen molar-refractivity contribution in [1.82, 2.24) is 0 Å². The van der Waals surface area contributed by atoms with Crippen LogP contribution in [0.2, 0.25) is 0 Å². The smallest absolute Gasteiger partial charge is 0.200 e. The van der Waals surface area contributed by atoms with E-state index in [1.54, 1.807) is 11.8 Å². The number of hydrogen-bond donors (Lipinski definition) is 0. The Hall–Kier alpha value is -1.74. The molecule has 0 aliphatic heterocycles. The number of carbonyl (C=O) groups is 1. The van der Waals surface area contributed by atoms with E-state index < -0.39 is 0 Å². The predicted octanol–water partition coefficient (Wildman–Crippen LogP) is 4.29. The van der Waals surface area contributed by atoms with Gasteiger partial charge in [-0.1, -0.05) is 23.8 Å². The Morgan fingerprint density at radius 2 is 1.80 bits per heavy atom. The van der Waals surface area contributed by atoms with Crippen LogP contribution in [0.25, 0.3) is 0 Å². The van der Waals surface area contributed by atoms with Gasteiger partial charge in [0.2, 0.25) is 0 Å². The van der Waals surface area contributed by atoms with Crippen molar-refractivity contribution in [3.05, 3.63) is 59.2 Å². The summed E-state index contributed by atoms with van der Waals surface area (Å²) in [7, 11) is 0. The number of benzene rings is 2. The van der Waals surface area contributed by atoms with Gasteiger partial charge in [-0.3, -0.25) is 4.79 Å². The van der Waals surface area contributed by atoms with Crippen LogP contribution in [-0.4, -0.2) is 18.6 Å². The molecule has 3 heteroatoms. The average molecular weight is 286 g/mol. The summed E-state index contributed by atoms with van der Waals surface area (Å²) in [6, 6.07) is 13.6. The van der Waals surface area contributed by atoms with Crippen LogP contribution in [0, 0.1) is 13.8 Å². The second-order valence-electron chi connectivity index (χ2n) is 4.71. The maximum Gasteiger partial charge on any atom is 0.200 e. The Balaban J connectivity index is 2.00. The molecule has 0 bridgehead atoms. The van der Waals surface area contributed by atoms with Crippen molar-refractivity contribution in [2.45, 2.75) is 18.7 Å². The zero-order chi connectivity index (χ0) is 14.5. The van der Waals surface area contributed by atoms with Crippen molar-refractivity contribution in [3.63, 3.8) is 0 Å². The summed E-state index contributed by atoms with van der Waals surface area (Å²) in [5.74, 6) is 0.734. The molecular weight excluding hydrogens is 268 g/mol. The van der Waals surface area contributed by atoms with Crippen molar-refractivity contribution in [1.29, 1.82) is 0 Å². The lowest BCUT2D eigenvalue weighted by Gasteiger charge is -2.08. The highest BCUT2D eigenvalue weighted by Crippen LogP contribution is 2.19. The summed E-state index contributed by atoms with van der Waals surface area (Å²) in [6.45, 7) is 4.04. The topological polar surface area (TPSA) is 26.3 Å². The average Bonchev–Trinajstić information content (AvgIpc) is 2.45. The summed E-state index contributed by atoms with van der Waals surface area (Å²) < 4.78 is 5.55. The normalized spacial score (nSPS) is 10.3. The van der Waals surface area contributed by atoms with Gasteiger partial charge < -0.3 is 4.74 Å². The first-order chi connectivity index (χ1) is 9.60. The molecule has 0 amide bonds. The van der Waals surface area contributed by atoms with Gasteiger partial charge in [0, 0.05) is 10.5 Å². The van der Waals surface area contributed by atoms with Crippen molar-refractivity contribution >= 4 is 17.5 Å². The highest BCUT2D eigenvalue weighted by atomic mass is 32.2. The van der Waals surface area contributed by atoms with E-state index in [9.17, 15) is 4.79 Å². The molecule has 0 atom stereocenters. The summed E-state index contributed by atoms with van der Waals surface area (Å²) >= 11 is 1.68. The molecule has 0 saturated heterocycles. The largest absolute Gasteiger partial charge is 0.485 e. The molecule has 0 aliphatic carbocycles. The van der Waals surface area contributed by atoms with Gasteiger partial charge in [0.15, 0.2) is 12.4 Å². The highest BCUT2D eigenvalue weighted by Gasteiger charge is 2.09. The fourth-order valence-corrected chi connectivity index (χ4v) is 2.43. The minimum atomic E-state index is 0.0106. The van der Waals surface area contributed by atoms with Gasteiger partial charge in [0.25, 0.3) is 0 Å². The van der Waals surface area contributed by atoms with Crippen LogP contribution >= 0.6 is 11.8 Å². The van der Waals surface area contributed by atoms with Gasteiger partial charge in [-0.15, -0.1) is 11.8 Å². The van der Waals surface area contributed by atoms with E-state index in [0.717, 1.165) is 22.4 Å². The fraction of sp³-hybridized carbons (Fsp3) is 0.235. The van der Waals surface area contributed by atoms with Gasteiger partial charge >= 0.3 is 0 Å². The van der Waals surface area contributed by atoms with Crippen LogP contribution in [0.15, 0.2) is 47.4 Å². The van der Waals surface area contributed by atoms with E-state index in [2.05, 4.69) is 0 Å². The number of ketones is 1. The molecule has 0 radical (unpaired) electrons. The Morgan fingerprint density at radius 3 is 2.40 bits per heavy atom. The quantitative estimate of drug-likeness (QED) is 0.606. The summed E-state index contributed by atoms with van der Waals surface area (Å²) in [4.78, 5) is 13.3. The van der Waals surface area contributed by atoms with Crippen molar-refractivity contribution in [2.75, 3.05) is 12.9 Å². The third kappa shape index (κ3) is 3.64. The van der Waals surface area contributed by atoms with Gasteiger partial charge in [-0.05, 0) is 49.9 Å². The van der Waals surface area contributed by atoms with Crippen LogP contribution in [0.3, 0.4) is 0 Å². The molecule has 0 spiro atoms. The second kappa shape index (κ2) is 6.62. The fourth-order valence-electron chi connectivity index (χ4n) is 2.03. The molecule has 104 valence electrons. The SMILES string of the molecule is CSc1ccc(OCC(=O)c2ccc(C)cc2C)cc1. The molecular formula is C17H18O2S. The molecule has 0 saturated carbocycles. The first-order valence-corrected chi connectivity index (χ1v) is 7.70. The zero-order valence-electron chi connectivity index (χ0n) is 12.0. The van der Waals surface area contributed by atoms with E-state index in [4.69, 9.17) is 4.74 Å². The molecule has 0 heterocycles. The summed E-state index contributed by atoms with van der Waals surface area (Å²) in [6.07, 6.45) is 2.03. The number of hydrogen-bond acceptors (Lipinski definition) is 3. The Labute approximate surface area is 124 Å². The van der Waals surface area contributed by atoms with Crippen molar-refractivity contribution in [3.8, 4) is 5.75 Å². The minimum absolute atomic E-state index is 0.0106. The molecule has 0 fully saturated rings. The monoisotopic (exact) mass is 286 g/mol. The number of carbonyl (C=O) groups excluding carboxylic acids is 1. The lowest BCUT2D eigenvalue weighted by atomic mass is 10.0. The first kappa shape index (κ1) is 14.7. The lowest BCUT2D eigenvalue weighted by Crippen LogP contribution is -2.13. The lowest BCUT2D eigenvalue weighted by molar-refractivity contribution is 0.0921. The molecule has 2 aromatic carbocycles. The van der Waals surface area contributed by atoms with E-state index in [1.807, 2.05) is 62.6 Å². The maximum absolute atomic E-state index is 12.1. The van der Waals surface area contributed by atoms with Crippen LogP contribution in [-0.2, 0) is 0 Å². The Bertz CT molecular complexity index is 603. The van der Waals surface area contributed by atoms with Gasteiger partial charge in [0.1, 0.15) is 5.75 Å². The molecule has 20 heavy (non-hydrogen) atoms. The standard InChI is InChI=1S/C17H18O2S/c1-12-4-9-16(13(2)10-12)17(18)11-19-14-5-7-15(20-3)8-6-14/h4-10H,11H2,1-3H3. The maximum atomic E-state index is 12.1. The molecule has 2 aromatic rings. The van der Waals surface area contributed by atoms with E-state index >= 15 is 0 Å². The number of thioether (sulfide) groups is 1. The van der Waals surface area contributed by atoms with E-state index in [1.165, 1.54) is 4.90 Å². The summed E-state index contributed by atoms with van der Waals surface area (Å²) in [5.41, 5.74) is 2.89. The Morgan fingerprint density at radius 1 is 1.10 bits per heavy atom. The first-order valence-electron chi connectivity index (χ1n) is 6.47. The number of ether oxygens (including phenoxy) is 1. The van der Waals surface area contributed by atoms with Crippen LogP contribution in [0.1, 0.15) is 21.5 Å². The summed E-state index contributed by atoms with van der Waals surface area (Å²) in [5, 5.41) is 0. The van der Waals surface area contributed by atoms with Gasteiger partial charge in [0.05, 0.1) is 0 Å².